The van der Waals surface area contributed by atoms with E-state index in [2.05, 4.69) is 5.32 Å². The van der Waals surface area contributed by atoms with Crippen LogP contribution in [0.15, 0.2) is 0 Å². The zero-order chi connectivity index (χ0) is 12.7. The van der Waals surface area contributed by atoms with Crippen LogP contribution in [0.3, 0.4) is 0 Å². The summed E-state index contributed by atoms with van der Waals surface area (Å²) in [5.74, 6) is -0.0750. The Bertz CT molecular complexity index is 333. The van der Waals surface area contributed by atoms with Crippen LogP contribution in [-0.2, 0) is 19.4 Å². The number of ether oxygens (including phenoxy) is 1. The van der Waals surface area contributed by atoms with E-state index >= 15 is 0 Å². The number of carbonyl (C=O) groups is 1. The molecule has 0 aromatic rings. The van der Waals surface area contributed by atoms with Gasteiger partial charge in [0, 0.05) is 0 Å². The van der Waals surface area contributed by atoms with Gasteiger partial charge in [-0.1, -0.05) is 0 Å². The molecule has 0 bridgehead atoms. The minimum atomic E-state index is -3.12. The molecule has 0 atom stereocenters. The maximum atomic E-state index is 11.8. The largest absolute Gasteiger partial charge is 0.466 e. The molecule has 1 fully saturated rings. The van der Waals surface area contributed by atoms with Gasteiger partial charge in [0.1, 0.15) is 0 Å². The molecule has 0 spiro atoms. The summed E-state index contributed by atoms with van der Waals surface area (Å²) in [5.41, 5.74) is 0. The van der Waals surface area contributed by atoms with Gasteiger partial charge >= 0.3 is 5.97 Å². The molecule has 100 valence electrons. The molecule has 0 aromatic heterocycles. The summed E-state index contributed by atoms with van der Waals surface area (Å²) in [6.45, 7) is 3.78. The van der Waals surface area contributed by atoms with Crippen molar-refractivity contribution < 1.29 is 17.9 Å². The van der Waals surface area contributed by atoms with Crippen LogP contribution in [-0.4, -0.2) is 45.6 Å². The van der Waals surface area contributed by atoms with Crippen molar-refractivity contribution in [3.63, 3.8) is 0 Å². The van der Waals surface area contributed by atoms with Gasteiger partial charge in [0.2, 0.25) is 0 Å². The third-order valence-corrected chi connectivity index (χ3v) is 4.68. The van der Waals surface area contributed by atoms with E-state index in [1.807, 2.05) is 0 Å². The van der Waals surface area contributed by atoms with E-state index in [-0.39, 0.29) is 23.8 Å². The second-order valence-corrected chi connectivity index (χ2v) is 6.59. The highest BCUT2D eigenvalue weighted by atomic mass is 32.2. The van der Waals surface area contributed by atoms with Crippen LogP contribution in [0.5, 0.6) is 0 Å². The van der Waals surface area contributed by atoms with Crippen molar-refractivity contribution in [2.45, 2.75) is 26.2 Å². The molecule has 1 saturated heterocycles. The number of piperidine rings is 1. The van der Waals surface area contributed by atoms with Gasteiger partial charge in [-0.05, 0) is 38.8 Å². The van der Waals surface area contributed by atoms with Gasteiger partial charge in [-0.3, -0.25) is 4.79 Å². The molecular formula is C11H21NO4S. The van der Waals surface area contributed by atoms with Crippen molar-refractivity contribution in [1.29, 1.82) is 0 Å². The fraction of sp³-hybridized carbons (Fsp3) is 0.909. The number of rotatable bonds is 6. The van der Waals surface area contributed by atoms with Gasteiger partial charge < -0.3 is 10.1 Å². The van der Waals surface area contributed by atoms with Crippen molar-refractivity contribution in [3.05, 3.63) is 0 Å². The third-order valence-electron chi connectivity index (χ3n) is 2.87. The van der Waals surface area contributed by atoms with E-state index in [4.69, 9.17) is 4.74 Å². The van der Waals surface area contributed by atoms with E-state index in [0.717, 1.165) is 25.9 Å². The molecule has 0 saturated carbocycles. The zero-order valence-corrected chi connectivity index (χ0v) is 11.1. The number of nitrogens with one attached hydrogen (secondary N) is 1. The molecule has 1 N–H and O–H groups in total. The number of hydrogen-bond acceptors (Lipinski definition) is 5. The zero-order valence-electron chi connectivity index (χ0n) is 10.3. The second-order valence-electron chi connectivity index (χ2n) is 4.36. The SMILES string of the molecule is CCOC(=O)CCS(=O)(=O)CC1CCNCC1. The fourth-order valence-corrected chi connectivity index (χ4v) is 3.66. The number of hydrogen-bond donors (Lipinski definition) is 1. The Balaban J connectivity index is 2.32. The molecule has 1 heterocycles. The highest BCUT2D eigenvalue weighted by Gasteiger charge is 2.22. The lowest BCUT2D eigenvalue weighted by Crippen LogP contribution is -2.32. The standard InChI is InChI=1S/C11H21NO4S/c1-2-16-11(13)5-8-17(14,15)9-10-3-6-12-7-4-10/h10,12H,2-9H2,1H3. The predicted octanol–water partition coefficient (Wildman–Crippen LogP) is 0.354. The number of sulfone groups is 1. The molecule has 0 aliphatic carbocycles. The van der Waals surface area contributed by atoms with Crippen molar-refractivity contribution in [2.75, 3.05) is 31.2 Å². The monoisotopic (exact) mass is 263 g/mol. The fourth-order valence-electron chi connectivity index (χ4n) is 1.96. The van der Waals surface area contributed by atoms with E-state index in [9.17, 15) is 13.2 Å². The van der Waals surface area contributed by atoms with Crippen LogP contribution in [0.1, 0.15) is 26.2 Å². The Morgan fingerprint density at radius 3 is 2.59 bits per heavy atom. The van der Waals surface area contributed by atoms with E-state index in [0.29, 0.717) is 6.61 Å². The average molecular weight is 263 g/mol. The molecule has 5 nitrogen and oxygen atoms in total. The third kappa shape index (κ3) is 6.02. The first-order chi connectivity index (χ1) is 8.03. The minimum absolute atomic E-state index is 0.0266. The summed E-state index contributed by atoms with van der Waals surface area (Å²) in [6, 6.07) is 0. The highest BCUT2D eigenvalue weighted by Crippen LogP contribution is 2.15. The average Bonchev–Trinajstić information content (AvgIpc) is 2.28. The Kier molecular flexibility index (Phi) is 5.91. The highest BCUT2D eigenvalue weighted by molar-refractivity contribution is 7.91. The lowest BCUT2D eigenvalue weighted by atomic mass is 10.0. The first-order valence-electron chi connectivity index (χ1n) is 6.10. The van der Waals surface area contributed by atoms with Gasteiger partial charge in [0.25, 0.3) is 0 Å². The Labute approximate surface area is 103 Å². The second kappa shape index (κ2) is 6.96. The maximum Gasteiger partial charge on any atom is 0.306 e. The van der Waals surface area contributed by atoms with Gasteiger partial charge in [-0.15, -0.1) is 0 Å². The summed E-state index contributed by atoms with van der Waals surface area (Å²) in [4.78, 5) is 11.1. The van der Waals surface area contributed by atoms with Gasteiger partial charge in [0.05, 0.1) is 24.5 Å². The molecule has 0 radical (unpaired) electrons. The molecular weight excluding hydrogens is 242 g/mol. The smallest absolute Gasteiger partial charge is 0.306 e. The molecule has 0 unspecified atom stereocenters. The predicted molar refractivity (Wildman–Crippen MR) is 65.5 cm³/mol. The molecule has 0 amide bonds. The van der Waals surface area contributed by atoms with Crippen LogP contribution >= 0.6 is 0 Å². The molecule has 0 aromatic carbocycles. The van der Waals surface area contributed by atoms with Crippen molar-refractivity contribution >= 4 is 15.8 Å². The summed E-state index contributed by atoms with van der Waals surface area (Å²) < 4.78 is 28.3. The first kappa shape index (κ1) is 14.4. The molecule has 1 aliphatic rings. The quantitative estimate of drug-likeness (QED) is 0.700. The normalized spacial score (nSPS) is 17.9. The summed E-state index contributed by atoms with van der Waals surface area (Å²) >= 11 is 0. The van der Waals surface area contributed by atoms with E-state index < -0.39 is 15.8 Å². The topological polar surface area (TPSA) is 72.5 Å². The Hall–Kier alpha value is -0.620. The Morgan fingerprint density at radius 2 is 2.00 bits per heavy atom. The lowest BCUT2D eigenvalue weighted by Gasteiger charge is -2.22. The maximum absolute atomic E-state index is 11.8. The van der Waals surface area contributed by atoms with Gasteiger partial charge in [-0.25, -0.2) is 8.42 Å². The number of carbonyl (C=O) groups excluding carboxylic acids is 1. The van der Waals surface area contributed by atoms with E-state index in [1.165, 1.54) is 0 Å². The van der Waals surface area contributed by atoms with Crippen LogP contribution in [0, 0.1) is 5.92 Å². The van der Waals surface area contributed by atoms with Crippen molar-refractivity contribution in [2.24, 2.45) is 5.92 Å². The van der Waals surface area contributed by atoms with E-state index in [1.54, 1.807) is 6.92 Å². The van der Waals surface area contributed by atoms with Crippen LogP contribution in [0.4, 0.5) is 0 Å². The number of esters is 1. The minimum Gasteiger partial charge on any atom is -0.466 e. The summed E-state index contributed by atoms with van der Waals surface area (Å²) in [7, 11) is -3.12. The van der Waals surface area contributed by atoms with Crippen molar-refractivity contribution in [1.82, 2.24) is 5.32 Å². The molecule has 17 heavy (non-hydrogen) atoms. The van der Waals surface area contributed by atoms with Gasteiger partial charge in [-0.2, -0.15) is 0 Å². The molecule has 1 aliphatic heterocycles. The van der Waals surface area contributed by atoms with Gasteiger partial charge in [0.15, 0.2) is 9.84 Å². The summed E-state index contributed by atoms with van der Waals surface area (Å²) in [6.07, 6.45) is 1.78. The first-order valence-corrected chi connectivity index (χ1v) is 7.92. The molecule has 1 rings (SSSR count). The van der Waals surface area contributed by atoms with Crippen LogP contribution < -0.4 is 5.32 Å². The molecule has 6 heteroatoms. The summed E-state index contributed by atoms with van der Waals surface area (Å²) in [5, 5.41) is 3.20. The van der Waals surface area contributed by atoms with Crippen molar-refractivity contribution in [3.8, 4) is 0 Å². The Morgan fingerprint density at radius 1 is 1.35 bits per heavy atom. The van der Waals surface area contributed by atoms with Crippen LogP contribution in [0.25, 0.3) is 0 Å². The lowest BCUT2D eigenvalue weighted by molar-refractivity contribution is -0.142. The van der Waals surface area contributed by atoms with Crippen LogP contribution in [0.2, 0.25) is 0 Å².